The topological polar surface area (TPSA) is 76.0 Å². The van der Waals surface area contributed by atoms with Gasteiger partial charge in [0.1, 0.15) is 11.9 Å². The Morgan fingerprint density at radius 1 is 0.946 bits per heavy atom. The number of hydrogen-bond acceptors (Lipinski definition) is 3. The molecule has 2 N–H and O–H groups in total. The lowest BCUT2D eigenvalue weighted by atomic mass is 9.92. The van der Waals surface area contributed by atoms with E-state index in [1.54, 1.807) is 28.9 Å². The first kappa shape index (κ1) is 26.4. The molecule has 1 aromatic heterocycles. The molecular weight excluding hydrogens is 528 g/mol. The third kappa shape index (κ3) is 6.54. The van der Waals surface area contributed by atoms with E-state index in [9.17, 15) is 9.59 Å². The van der Waals surface area contributed by atoms with Gasteiger partial charge >= 0.3 is 0 Å². The van der Waals surface area contributed by atoms with Crippen molar-refractivity contribution in [2.75, 3.05) is 5.32 Å². The predicted octanol–water partition coefficient (Wildman–Crippen LogP) is 6.22. The molecule has 0 aliphatic heterocycles. The summed E-state index contributed by atoms with van der Waals surface area (Å²) in [6, 6.07) is 25.7. The average Bonchev–Trinajstić information content (AvgIpc) is 3.29. The van der Waals surface area contributed by atoms with Gasteiger partial charge in [-0.15, -0.1) is 0 Å². The van der Waals surface area contributed by atoms with Gasteiger partial charge in [0, 0.05) is 27.9 Å². The van der Waals surface area contributed by atoms with E-state index < -0.39 is 6.04 Å². The second kappa shape index (κ2) is 11.1. The van der Waals surface area contributed by atoms with Crippen LogP contribution in [0.2, 0.25) is 0 Å². The molecule has 0 aliphatic carbocycles. The van der Waals surface area contributed by atoms with Crippen LogP contribution in [0, 0.1) is 6.92 Å². The van der Waals surface area contributed by atoms with E-state index in [0.29, 0.717) is 17.8 Å². The number of aryl methyl sites for hydroxylation is 1. The van der Waals surface area contributed by atoms with Crippen molar-refractivity contribution in [3.63, 3.8) is 0 Å². The zero-order valence-corrected chi connectivity index (χ0v) is 23.0. The number of aromatic nitrogens is 2. The molecule has 3 aromatic carbocycles. The van der Waals surface area contributed by atoms with E-state index in [2.05, 4.69) is 47.3 Å². The fraction of sp³-hybridized carbons (Fsp3) is 0.233. The summed E-state index contributed by atoms with van der Waals surface area (Å²) in [5.74, 6) is -0.0731. The first-order valence-electron chi connectivity index (χ1n) is 12.2. The van der Waals surface area contributed by atoms with Crippen molar-refractivity contribution in [2.45, 2.75) is 45.6 Å². The molecule has 7 heteroatoms. The van der Waals surface area contributed by atoms with Gasteiger partial charge in [-0.1, -0.05) is 85.2 Å². The first-order chi connectivity index (χ1) is 17.6. The SMILES string of the molecule is Cc1ccccc1-n1nc(C(C)(C)C)cc1NC(=O)C(Cc1ccccc1)NC(=O)c1ccc(Br)cc1. The summed E-state index contributed by atoms with van der Waals surface area (Å²) in [6.45, 7) is 8.26. The Kier molecular flexibility index (Phi) is 7.93. The summed E-state index contributed by atoms with van der Waals surface area (Å²) in [5, 5.41) is 10.8. The Morgan fingerprint density at radius 3 is 2.24 bits per heavy atom. The molecule has 4 aromatic rings. The highest BCUT2D eigenvalue weighted by atomic mass is 79.9. The molecule has 1 atom stereocenters. The molecule has 0 saturated carbocycles. The highest BCUT2D eigenvalue weighted by molar-refractivity contribution is 9.10. The maximum atomic E-state index is 13.7. The quantitative estimate of drug-likeness (QED) is 0.282. The van der Waals surface area contributed by atoms with Crippen molar-refractivity contribution in [1.29, 1.82) is 0 Å². The standard InChI is InChI=1S/C30H31BrN4O2/c1-20-10-8-9-13-25(20)35-27(19-26(34-35)30(2,3)4)33-29(37)24(18-21-11-6-5-7-12-21)32-28(36)22-14-16-23(31)17-15-22/h5-17,19,24H,18H2,1-4H3,(H,32,36)(H,33,37). The highest BCUT2D eigenvalue weighted by Crippen LogP contribution is 2.27. The number of para-hydroxylation sites is 1. The van der Waals surface area contributed by atoms with Crippen LogP contribution in [-0.4, -0.2) is 27.6 Å². The number of nitrogens with zero attached hydrogens (tertiary/aromatic N) is 2. The number of benzene rings is 3. The fourth-order valence-electron chi connectivity index (χ4n) is 3.94. The molecule has 37 heavy (non-hydrogen) atoms. The van der Waals surface area contributed by atoms with Crippen molar-refractivity contribution in [1.82, 2.24) is 15.1 Å². The van der Waals surface area contributed by atoms with Gasteiger partial charge < -0.3 is 10.6 Å². The Balaban J connectivity index is 1.66. The lowest BCUT2D eigenvalue weighted by molar-refractivity contribution is -0.118. The summed E-state index contributed by atoms with van der Waals surface area (Å²) >= 11 is 3.39. The second-order valence-corrected chi connectivity index (χ2v) is 11.0. The number of carbonyl (C=O) groups is 2. The van der Waals surface area contributed by atoms with Crippen LogP contribution < -0.4 is 10.6 Å². The Morgan fingerprint density at radius 2 is 1.59 bits per heavy atom. The van der Waals surface area contributed by atoms with Crippen molar-refractivity contribution in [3.05, 3.63) is 112 Å². The third-order valence-electron chi connectivity index (χ3n) is 6.08. The number of hydrogen-bond donors (Lipinski definition) is 2. The average molecular weight is 560 g/mol. The van der Waals surface area contributed by atoms with Crippen LogP contribution in [0.15, 0.2) is 89.4 Å². The number of rotatable bonds is 7. The van der Waals surface area contributed by atoms with Gasteiger partial charge in [-0.2, -0.15) is 5.10 Å². The molecule has 1 heterocycles. The third-order valence-corrected chi connectivity index (χ3v) is 6.61. The van der Waals surface area contributed by atoms with E-state index in [4.69, 9.17) is 5.10 Å². The maximum Gasteiger partial charge on any atom is 0.251 e. The van der Waals surface area contributed by atoms with Gasteiger partial charge in [0.25, 0.3) is 5.91 Å². The van der Waals surface area contributed by atoms with E-state index in [0.717, 1.165) is 27.0 Å². The van der Waals surface area contributed by atoms with Gasteiger partial charge in [0.05, 0.1) is 11.4 Å². The molecule has 1 unspecified atom stereocenters. The van der Waals surface area contributed by atoms with Crippen LogP contribution >= 0.6 is 15.9 Å². The zero-order valence-electron chi connectivity index (χ0n) is 21.5. The largest absolute Gasteiger partial charge is 0.340 e. The van der Waals surface area contributed by atoms with Gasteiger partial charge in [0.2, 0.25) is 5.91 Å². The van der Waals surface area contributed by atoms with Crippen LogP contribution in [-0.2, 0) is 16.6 Å². The van der Waals surface area contributed by atoms with Gasteiger partial charge in [-0.3, -0.25) is 9.59 Å². The van der Waals surface area contributed by atoms with E-state index in [1.165, 1.54) is 0 Å². The van der Waals surface area contributed by atoms with Crippen LogP contribution in [0.4, 0.5) is 5.82 Å². The van der Waals surface area contributed by atoms with Gasteiger partial charge in [-0.05, 0) is 48.4 Å². The van der Waals surface area contributed by atoms with E-state index in [1.807, 2.05) is 67.6 Å². The summed E-state index contributed by atoms with van der Waals surface area (Å²) < 4.78 is 2.64. The summed E-state index contributed by atoms with van der Waals surface area (Å²) in [6.07, 6.45) is 0.347. The Hall–Kier alpha value is -3.71. The smallest absolute Gasteiger partial charge is 0.251 e. The van der Waals surface area contributed by atoms with Crippen molar-refractivity contribution < 1.29 is 9.59 Å². The molecular formula is C30H31BrN4O2. The van der Waals surface area contributed by atoms with Crippen LogP contribution in [0.3, 0.4) is 0 Å². The lowest BCUT2D eigenvalue weighted by Gasteiger charge is -2.19. The molecule has 0 aliphatic rings. The van der Waals surface area contributed by atoms with E-state index >= 15 is 0 Å². The number of anilines is 1. The number of halogens is 1. The van der Waals surface area contributed by atoms with Crippen LogP contribution in [0.1, 0.15) is 48.0 Å². The van der Waals surface area contributed by atoms with Gasteiger partial charge in [0.15, 0.2) is 0 Å². The second-order valence-electron chi connectivity index (χ2n) is 10.1. The van der Waals surface area contributed by atoms with Crippen LogP contribution in [0.5, 0.6) is 0 Å². The molecule has 0 radical (unpaired) electrons. The molecule has 4 rings (SSSR count). The fourth-order valence-corrected chi connectivity index (χ4v) is 4.20. The summed E-state index contributed by atoms with van der Waals surface area (Å²) in [5.41, 5.74) is 3.98. The molecule has 0 bridgehead atoms. The Bertz CT molecular complexity index is 1390. The van der Waals surface area contributed by atoms with Crippen LogP contribution in [0.25, 0.3) is 5.69 Å². The highest BCUT2D eigenvalue weighted by Gasteiger charge is 2.26. The Labute approximate surface area is 226 Å². The molecule has 190 valence electrons. The van der Waals surface area contributed by atoms with Crippen molar-refractivity contribution in [3.8, 4) is 5.69 Å². The minimum absolute atomic E-state index is 0.216. The maximum absolute atomic E-state index is 13.7. The molecule has 2 amide bonds. The zero-order chi connectivity index (χ0) is 26.6. The van der Waals surface area contributed by atoms with Crippen molar-refractivity contribution >= 4 is 33.6 Å². The van der Waals surface area contributed by atoms with Crippen molar-refractivity contribution in [2.24, 2.45) is 0 Å². The number of nitrogens with one attached hydrogen (secondary N) is 2. The summed E-state index contributed by atoms with van der Waals surface area (Å²) in [7, 11) is 0. The molecule has 0 fully saturated rings. The molecule has 0 saturated heterocycles. The summed E-state index contributed by atoms with van der Waals surface area (Å²) in [4.78, 5) is 26.7. The lowest BCUT2D eigenvalue weighted by Crippen LogP contribution is -2.45. The molecule has 6 nitrogen and oxygen atoms in total. The minimum atomic E-state index is -0.795. The normalized spacial score (nSPS) is 12.1. The minimum Gasteiger partial charge on any atom is -0.340 e. The van der Waals surface area contributed by atoms with Gasteiger partial charge in [-0.25, -0.2) is 4.68 Å². The number of carbonyl (C=O) groups excluding carboxylic acids is 2. The predicted molar refractivity (Wildman–Crippen MR) is 151 cm³/mol. The number of amides is 2. The van der Waals surface area contributed by atoms with E-state index in [-0.39, 0.29) is 17.2 Å². The molecule has 0 spiro atoms. The monoisotopic (exact) mass is 558 g/mol. The first-order valence-corrected chi connectivity index (χ1v) is 13.0.